The van der Waals surface area contributed by atoms with Crippen LogP contribution in [0.3, 0.4) is 0 Å². The van der Waals surface area contributed by atoms with E-state index < -0.39 is 24.0 Å². The molecule has 1 unspecified atom stereocenters. The molecular formula is C48H56N4O6. The molecular weight excluding hydrogens is 729 g/mol. The van der Waals surface area contributed by atoms with Crippen LogP contribution in [0.4, 0.5) is 0 Å². The Morgan fingerprint density at radius 2 is 1.28 bits per heavy atom. The minimum atomic E-state index is -1.16. The fourth-order valence-corrected chi connectivity index (χ4v) is 6.58. The molecule has 2 atom stereocenters. The maximum Gasteiger partial charge on any atom is 0.326 e. The molecule has 4 aromatic carbocycles. The number of nitrogens with zero attached hydrogens (tertiary/aromatic N) is 2. The molecule has 0 aliphatic rings. The van der Waals surface area contributed by atoms with Crippen LogP contribution in [-0.4, -0.2) is 58.7 Å². The number of carboxylic acid groups (broad SMARTS) is 1. The maximum atomic E-state index is 13.5. The van der Waals surface area contributed by atoms with Gasteiger partial charge in [0.2, 0.25) is 5.91 Å². The maximum absolute atomic E-state index is 13.5. The van der Waals surface area contributed by atoms with Crippen LogP contribution in [-0.2, 0) is 27.8 Å². The van der Waals surface area contributed by atoms with Gasteiger partial charge in [0, 0.05) is 48.0 Å². The lowest BCUT2D eigenvalue weighted by Crippen LogP contribution is -2.46. The number of methoxy groups -OCH3 is 1. The van der Waals surface area contributed by atoms with Gasteiger partial charge in [0.15, 0.2) is 5.82 Å². The molecule has 0 radical (unpaired) electrons. The Kier molecular flexibility index (Phi) is 15.6. The van der Waals surface area contributed by atoms with E-state index in [0.29, 0.717) is 23.6 Å². The highest BCUT2D eigenvalue weighted by atomic mass is 16.5. The average Bonchev–Trinajstić information content (AvgIpc) is 3.22. The van der Waals surface area contributed by atoms with Crippen LogP contribution in [0.1, 0.15) is 93.3 Å². The predicted molar refractivity (Wildman–Crippen MR) is 228 cm³/mol. The first-order valence-corrected chi connectivity index (χ1v) is 20.1. The molecule has 1 heterocycles. The van der Waals surface area contributed by atoms with Gasteiger partial charge in [-0.25, -0.2) is 14.8 Å². The highest BCUT2D eigenvalue weighted by Crippen LogP contribution is 2.25. The smallest absolute Gasteiger partial charge is 0.326 e. The fraction of sp³-hybridized carbons (Fsp3) is 0.354. The van der Waals surface area contributed by atoms with Gasteiger partial charge in [-0.2, -0.15) is 0 Å². The van der Waals surface area contributed by atoms with Crippen molar-refractivity contribution in [3.63, 3.8) is 0 Å². The highest BCUT2D eigenvalue weighted by Gasteiger charge is 2.24. The monoisotopic (exact) mass is 784 g/mol. The van der Waals surface area contributed by atoms with Gasteiger partial charge >= 0.3 is 5.97 Å². The molecule has 0 saturated carbocycles. The first-order valence-electron chi connectivity index (χ1n) is 20.1. The Labute approximate surface area is 342 Å². The molecule has 0 aliphatic carbocycles. The van der Waals surface area contributed by atoms with Crippen molar-refractivity contribution in [3.8, 4) is 34.0 Å². The van der Waals surface area contributed by atoms with Crippen LogP contribution in [0.15, 0.2) is 109 Å². The second kappa shape index (κ2) is 20.9. The minimum absolute atomic E-state index is 0.0733. The summed E-state index contributed by atoms with van der Waals surface area (Å²) in [5.74, 6) is 0.105. The topological polar surface area (TPSA) is 140 Å². The van der Waals surface area contributed by atoms with Gasteiger partial charge < -0.3 is 25.2 Å². The predicted octanol–water partition coefficient (Wildman–Crippen LogP) is 9.01. The van der Waals surface area contributed by atoms with Crippen molar-refractivity contribution in [3.05, 3.63) is 132 Å². The second-order valence-electron chi connectivity index (χ2n) is 15.7. The molecule has 2 amide bonds. The molecule has 0 aliphatic heterocycles. The van der Waals surface area contributed by atoms with Crippen molar-refractivity contribution in [1.82, 2.24) is 20.6 Å². The van der Waals surface area contributed by atoms with Crippen molar-refractivity contribution >= 4 is 17.8 Å². The number of ether oxygens (including phenoxy) is 2. The molecule has 58 heavy (non-hydrogen) atoms. The van der Waals surface area contributed by atoms with Gasteiger partial charge in [-0.1, -0.05) is 114 Å². The number of unbranched alkanes of at least 4 members (excludes halogenated alkanes) is 4. The van der Waals surface area contributed by atoms with Crippen LogP contribution in [0.5, 0.6) is 11.5 Å². The van der Waals surface area contributed by atoms with E-state index in [0.717, 1.165) is 52.2 Å². The lowest BCUT2D eigenvalue weighted by atomic mass is 9.86. The zero-order chi connectivity index (χ0) is 41.5. The van der Waals surface area contributed by atoms with E-state index in [4.69, 9.17) is 9.47 Å². The lowest BCUT2D eigenvalue weighted by Gasteiger charge is -2.22. The summed E-state index contributed by atoms with van der Waals surface area (Å²) in [6.45, 7) is 9.25. The van der Waals surface area contributed by atoms with Crippen LogP contribution >= 0.6 is 0 Å². The van der Waals surface area contributed by atoms with E-state index >= 15 is 0 Å². The van der Waals surface area contributed by atoms with E-state index in [1.807, 2.05) is 60.7 Å². The molecule has 1 aromatic heterocycles. The summed E-state index contributed by atoms with van der Waals surface area (Å²) in [5, 5.41) is 15.7. The summed E-state index contributed by atoms with van der Waals surface area (Å²) in [6, 6.07) is 28.3. The number of nitrogens with one attached hydrogen (secondary N) is 2. The minimum Gasteiger partial charge on any atom is -0.497 e. The first-order chi connectivity index (χ1) is 27.9. The molecule has 0 saturated heterocycles. The van der Waals surface area contributed by atoms with Crippen LogP contribution in [0.2, 0.25) is 0 Å². The number of aliphatic carboxylic acids is 1. The molecule has 10 heteroatoms. The molecule has 10 nitrogen and oxygen atoms in total. The van der Waals surface area contributed by atoms with Crippen LogP contribution in [0, 0.1) is 0 Å². The van der Waals surface area contributed by atoms with Crippen molar-refractivity contribution < 1.29 is 29.0 Å². The van der Waals surface area contributed by atoms with Gasteiger partial charge in [-0.3, -0.25) is 9.59 Å². The Hall–Kier alpha value is -6.03. The lowest BCUT2D eigenvalue weighted by molar-refractivity contribution is -0.141. The molecule has 5 rings (SSSR count). The third-order valence-electron chi connectivity index (χ3n) is 10.1. The highest BCUT2D eigenvalue weighted by molar-refractivity contribution is 5.95. The van der Waals surface area contributed by atoms with Gasteiger partial charge in [0.25, 0.3) is 5.91 Å². The van der Waals surface area contributed by atoms with Crippen molar-refractivity contribution in [1.29, 1.82) is 0 Å². The normalized spacial score (nSPS) is 12.3. The van der Waals surface area contributed by atoms with Crippen molar-refractivity contribution in [2.75, 3.05) is 13.7 Å². The number of carbonyl (C=O) groups is 3. The number of benzene rings is 4. The number of rotatable bonds is 20. The number of hydrogen-bond acceptors (Lipinski definition) is 7. The van der Waals surface area contributed by atoms with Gasteiger partial charge in [-0.05, 0) is 76.9 Å². The Morgan fingerprint density at radius 1 is 0.690 bits per heavy atom. The Morgan fingerprint density at radius 3 is 1.88 bits per heavy atom. The molecule has 0 bridgehead atoms. The molecule has 304 valence electrons. The van der Waals surface area contributed by atoms with E-state index in [1.165, 1.54) is 25.7 Å². The van der Waals surface area contributed by atoms with Crippen molar-refractivity contribution in [2.45, 2.75) is 96.6 Å². The summed E-state index contributed by atoms with van der Waals surface area (Å²) in [5.41, 5.74) is 5.80. The summed E-state index contributed by atoms with van der Waals surface area (Å²) >= 11 is 0. The first kappa shape index (κ1) is 43.1. The van der Waals surface area contributed by atoms with Gasteiger partial charge in [0.05, 0.1) is 13.7 Å². The number of amides is 2. The SMILES string of the molecule is CCCCCCCOc1ccc(-c2cnc(-c3ccc(C[C@@H](CC(=O)NC(Cc4ccc(OC)cc4)C(=O)O)NC(=O)c4ccc(C(C)(C)C)cc4)cc3)nc2)cc1. The number of carbonyl (C=O) groups excluding carboxylic acids is 2. The van der Waals surface area contributed by atoms with Gasteiger partial charge in [0.1, 0.15) is 17.5 Å². The molecule has 3 N–H and O–H groups in total. The number of aromatic nitrogens is 2. The third kappa shape index (κ3) is 13.0. The van der Waals surface area contributed by atoms with Gasteiger partial charge in [-0.15, -0.1) is 0 Å². The summed E-state index contributed by atoms with van der Waals surface area (Å²) in [4.78, 5) is 48.4. The third-order valence-corrected chi connectivity index (χ3v) is 10.1. The number of hydrogen-bond donors (Lipinski definition) is 3. The zero-order valence-corrected chi connectivity index (χ0v) is 34.3. The van der Waals surface area contributed by atoms with E-state index in [2.05, 4.69) is 48.3 Å². The second-order valence-corrected chi connectivity index (χ2v) is 15.7. The Bertz CT molecular complexity index is 2060. The van der Waals surface area contributed by atoms with Crippen LogP contribution < -0.4 is 20.1 Å². The quantitative estimate of drug-likeness (QED) is 0.0665. The van der Waals surface area contributed by atoms with Crippen molar-refractivity contribution in [2.24, 2.45) is 0 Å². The van der Waals surface area contributed by atoms with E-state index in [1.54, 1.807) is 55.9 Å². The molecule has 5 aromatic rings. The largest absolute Gasteiger partial charge is 0.497 e. The number of carboxylic acids is 1. The summed E-state index contributed by atoms with van der Waals surface area (Å²) in [6.07, 6.45) is 9.89. The Balaban J connectivity index is 1.24. The molecule has 0 fully saturated rings. The van der Waals surface area contributed by atoms with Crippen LogP contribution in [0.25, 0.3) is 22.5 Å². The zero-order valence-electron chi connectivity index (χ0n) is 34.3. The van der Waals surface area contributed by atoms with E-state index in [9.17, 15) is 19.5 Å². The fourth-order valence-electron chi connectivity index (χ4n) is 6.58. The average molecular weight is 785 g/mol. The van der Waals surface area contributed by atoms with E-state index in [-0.39, 0.29) is 24.2 Å². The summed E-state index contributed by atoms with van der Waals surface area (Å²) < 4.78 is 11.1. The summed E-state index contributed by atoms with van der Waals surface area (Å²) in [7, 11) is 1.56. The standard InChI is InChI=1S/C48H56N4O6/c1-6-7-8-9-10-27-58-42-25-19-35(20-26-42)38-31-49-45(50-32-38)36-15-11-33(12-16-36)28-40(51-46(54)37-17-21-39(22-18-37)48(2,3)4)30-44(53)52-43(47(55)56)29-34-13-23-41(57-5)24-14-34/h11-26,31-32,40,43H,6-10,27-30H2,1-5H3,(H,51,54)(H,52,53)(H,55,56)/t40-,43?/m0/s1. The molecule has 0 spiro atoms.